The van der Waals surface area contributed by atoms with Gasteiger partial charge in [0, 0.05) is 13.5 Å². The molecule has 0 N–H and O–H groups in total. The Bertz CT molecular complexity index is 118. The lowest BCUT2D eigenvalue weighted by molar-refractivity contribution is 0.000807. The van der Waals surface area contributed by atoms with Gasteiger partial charge in [0.25, 0.3) is 0 Å². The second kappa shape index (κ2) is 4.34. The van der Waals surface area contributed by atoms with Crippen LogP contribution in [-0.4, -0.2) is 13.9 Å². The first kappa shape index (κ1) is 7.61. The van der Waals surface area contributed by atoms with E-state index in [1.54, 1.807) is 7.11 Å². The summed E-state index contributed by atoms with van der Waals surface area (Å²) in [6.07, 6.45) is 6.97. The van der Waals surface area contributed by atoms with Gasteiger partial charge in [-0.15, -0.1) is 0 Å². The maximum Gasteiger partial charge on any atom is 0.188 e. The summed E-state index contributed by atoms with van der Waals surface area (Å²) in [6, 6.07) is 0. The zero-order chi connectivity index (χ0) is 7.23. The third-order valence-electron chi connectivity index (χ3n) is 1.61. The van der Waals surface area contributed by atoms with Crippen molar-refractivity contribution in [2.75, 3.05) is 13.9 Å². The van der Waals surface area contributed by atoms with E-state index in [1.807, 2.05) is 0 Å². The van der Waals surface area contributed by atoms with Gasteiger partial charge in [-0.25, -0.2) is 0 Å². The summed E-state index contributed by atoms with van der Waals surface area (Å²) in [5.74, 6) is 1.10. The van der Waals surface area contributed by atoms with Gasteiger partial charge in [-0.2, -0.15) is 0 Å². The molecule has 1 aliphatic carbocycles. The van der Waals surface area contributed by atoms with Crippen LogP contribution in [-0.2, 0) is 9.47 Å². The lowest BCUT2D eigenvalue weighted by atomic mass is 10.1. The largest absolute Gasteiger partial charge is 0.472 e. The van der Waals surface area contributed by atoms with E-state index in [1.165, 1.54) is 19.3 Å². The van der Waals surface area contributed by atoms with Gasteiger partial charge >= 0.3 is 0 Å². The van der Waals surface area contributed by atoms with E-state index in [2.05, 4.69) is 6.08 Å². The maximum absolute atomic E-state index is 5.27. The van der Waals surface area contributed by atoms with E-state index in [4.69, 9.17) is 9.47 Å². The Kier molecular flexibility index (Phi) is 3.30. The Morgan fingerprint density at radius 2 is 2.40 bits per heavy atom. The summed E-state index contributed by atoms with van der Waals surface area (Å²) in [6.45, 7) is 0.395. The van der Waals surface area contributed by atoms with Crippen LogP contribution in [0.5, 0.6) is 0 Å². The Morgan fingerprint density at radius 3 is 3.00 bits per heavy atom. The molecule has 0 spiro atoms. The molecule has 0 aromatic carbocycles. The Hall–Kier alpha value is -0.500. The van der Waals surface area contributed by atoms with Crippen LogP contribution >= 0.6 is 0 Å². The minimum absolute atomic E-state index is 0.395. The number of rotatable bonds is 3. The van der Waals surface area contributed by atoms with Crippen LogP contribution in [0.1, 0.15) is 25.7 Å². The molecular weight excluding hydrogens is 128 g/mol. The number of hydrogen-bond acceptors (Lipinski definition) is 2. The summed E-state index contributed by atoms with van der Waals surface area (Å²) in [4.78, 5) is 0. The average molecular weight is 142 g/mol. The van der Waals surface area contributed by atoms with Gasteiger partial charge in [-0.05, 0) is 25.3 Å². The molecular formula is C8H14O2. The fraction of sp³-hybridized carbons (Fsp3) is 0.750. The third-order valence-corrected chi connectivity index (χ3v) is 1.61. The molecule has 0 unspecified atom stereocenters. The van der Waals surface area contributed by atoms with E-state index in [-0.39, 0.29) is 0 Å². The molecule has 0 amide bonds. The van der Waals surface area contributed by atoms with Crippen LogP contribution in [0, 0.1) is 0 Å². The van der Waals surface area contributed by atoms with E-state index in [0.717, 1.165) is 12.2 Å². The zero-order valence-electron chi connectivity index (χ0n) is 6.43. The van der Waals surface area contributed by atoms with Gasteiger partial charge in [-0.3, -0.25) is 0 Å². The number of methoxy groups -OCH3 is 1. The standard InChI is InChI=1S/C8H14O2/c1-9-7-10-8-5-3-2-4-6-8/h5H,2-4,6-7H2,1H3. The minimum Gasteiger partial charge on any atom is -0.472 e. The van der Waals surface area contributed by atoms with Gasteiger partial charge in [-0.1, -0.05) is 0 Å². The molecule has 1 aliphatic rings. The van der Waals surface area contributed by atoms with E-state index < -0.39 is 0 Å². The first-order valence-corrected chi connectivity index (χ1v) is 3.74. The molecule has 0 heterocycles. The highest BCUT2D eigenvalue weighted by molar-refractivity contribution is 4.96. The predicted octanol–water partition coefficient (Wildman–Crippen LogP) is 2.06. The molecule has 0 aromatic rings. The number of allylic oxidation sites excluding steroid dienone is 2. The highest BCUT2D eigenvalue weighted by Gasteiger charge is 2.02. The quantitative estimate of drug-likeness (QED) is 0.561. The molecule has 2 heteroatoms. The van der Waals surface area contributed by atoms with Crippen LogP contribution in [0.4, 0.5) is 0 Å². The van der Waals surface area contributed by atoms with Gasteiger partial charge in [0.15, 0.2) is 6.79 Å². The summed E-state index contributed by atoms with van der Waals surface area (Å²) in [5, 5.41) is 0. The molecule has 0 aromatic heterocycles. The molecule has 10 heavy (non-hydrogen) atoms. The van der Waals surface area contributed by atoms with Crippen molar-refractivity contribution in [3.05, 3.63) is 11.8 Å². The van der Waals surface area contributed by atoms with Crippen molar-refractivity contribution >= 4 is 0 Å². The van der Waals surface area contributed by atoms with Crippen LogP contribution in [0.15, 0.2) is 11.8 Å². The molecule has 0 atom stereocenters. The number of ether oxygens (including phenoxy) is 2. The monoisotopic (exact) mass is 142 g/mol. The van der Waals surface area contributed by atoms with Crippen LogP contribution in [0.2, 0.25) is 0 Å². The fourth-order valence-corrected chi connectivity index (χ4v) is 1.07. The highest BCUT2D eigenvalue weighted by Crippen LogP contribution is 2.17. The molecule has 0 radical (unpaired) electrons. The van der Waals surface area contributed by atoms with Crippen molar-refractivity contribution in [2.24, 2.45) is 0 Å². The van der Waals surface area contributed by atoms with E-state index in [9.17, 15) is 0 Å². The summed E-state index contributed by atoms with van der Waals surface area (Å²) < 4.78 is 10.1. The normalized spacial score (nSPS) is 18.3. The lowest BCUT2D eigenvalue weighted by Gasteiger charge is -2.12. The van der Waals surface area contributed by atoms with Crippen molar-refractivity contribution in [1.82, 2.24) is 0 Å². The van der Waals surface area contributed by atoms with Gasteiger partial charge in [0.05, 0.1) is 5.76 Å². The first-order valence-electron chi connectivity index (χ1n) is 3.74. The summed E-state index contributed by atoms with van der Waals surface area (Å²) in [7, 11) is 1.64. The van der Waals surface area contributed by atoms with Crippen LogP contribution in [0.3, 0.4) is 0 Å². The predicted molar refractivity (Wildman–Crippen MR) is 39.5 cm³/mol. The average Bonchev–Trinajstić information content (AvgIpc) is 2.03. The first-order chi connectivity index (χ1) is 4.93. The molecule has 1 rings (SSSR count). The molecule has 0 fully saturated rings. The summed E-state index contributed by atoms with van der Waals surface area (Å²) in [5.41, 5.74) is 0. The van der Waals surface area contributed by atoms with Crippen molar-refractivity contribution in [2.45, 2.75) is 25.7 Å². The number of hydrogen-bond donors (Lipinski definition) is 0. The second-order valence-corrected chi connectivity index (χ2v) is 2.47. The molecule has 0 saturated carbocycles. The van der Waals surface area contributed by atoms with E-state index >= 15 is 0 Å². The minimum atomic E-state index is 0.395. The molecule has 0 aliphatic heterocycles. The Balaban J connectivity index is 2.18. The molecule has 2 nitrogen and oxygen atoms in total. The van der Waals surface area contributed by atoms with Crippen molar-refractivity contribution in [1.29, 1.82) is 0 Å². The van der Waals surface area contributed by atoms with Gasteiger partial charge < -0.3 is 9.47 Å². The second-order valence-electron chi connectivity index (χ2n) is 2.47. The Labute approximate surface area is 61.8 Å². The lowest BCUT2D eigenvalue weighted by Crippen LogP contribution is -1.99. The van der Waals surface area contributed by atoms with Gasteiger partial charge in [0.2, 0.25) is 0 Å². The zero-order valence-corrected chi connectivity index (χ0v) is 6.43. The van der Waals surface area contributed by atoms with Crippen molar-refractivity contribution in [3.8, 4) is 0 Å². The summed E-state index contributed by atoms with van der Waals surface area (Å²) >= 11 is 0. The maximum atomic E-state index is 5.27. The third kappa shape index (κ3) is 2.40. The van der Waals surface area contributed by atoms with Crippen LogP contribution in [0.25, 0.3) is 0 Å². The van der Waals surface area contributed by atoms with Crippen molar-refractivity contribution < 1.29 is 9.47 Å². The topological polar surface area (TPSA) is 18.5 Å². The molecule has 0 saturated heterocycles. The smallest absolute Gasteiger partial charge is 0.188 e. The highest BCUT2D eigenvalue weighted by atomic mass is 16.7. The molecule has 58 valence electrons. The SMILES string of the molecule is COCOC1=CCCCC1. The fourth-order valence-electron chi connectivity index (χ4n) is 1.07. The van der Waals surface area contributed by atoms with Crippen LogP contribution < -0.4 is 0 Å². The van der Waals surface area contributed by atoms with E-state index in [0.29, 0.717) is 6.79 Å². The van der Waals surface area contributed by atoms with Crippen molar-refractivity contribution in [3.63, 3.8) is 0 Å². The Morgan fingerprint density at radius 1 is 1.50 bits per heavy atom. The molecule has 0 bridgehead atoms. The van der Waals surface area contributed by atoms with Gasteiger partial charge in [0.1, 0.15) is 0 Å².